The van der Waals surface area contributed by atoms with Crippen molar-refractivity contribution in [1.82, 2.24) is 10.6 Å². The molecule has 5 N–H and O–H groups in total. The molecule has 1 aliphatic carbocycles. The van der Waals surface area contributed by atoms with Gasteiger partial charge < -0.3 is 26.2 Å². The molecule has 3 aromatic carbocycles. The molecule has 0 radical (unpaired) electrons. The molecular weight excluding hydrogens is 446 g/mol. The molecule has 3 aromatic rings. The van der Waals surface area contributed by atoms with Gasteiger partial charge in [-0.05, 0) is 34.7 Å². The van der Waals surface area contributed by atoms with Gasteiger partial charge in [-0.2, -0.15) is 0 Å². The van der Waals surface area contributed by atoms with E-state index in [1.54, 1.807) is 12.1 Å². The number of rotatable bonds is 8. The monoisotopic (exact) mass is 473 g/mol. The normalized spacial score (nSPS) is 14.7. The van der Waals surface area contributed by atoms with Crippen molar-refractivity contribution in [3.05, 3.63) is 95.6 Å². The Hall–Kier alpha value is -4.17. The summed E-state index contributed by atoms with van der Waals surface area (Å²) >= 11 is 0. The Morgan fingerprint density at radius 3 is 1.97 bits per heavy atom. The SMILES string of the molecule is C[C@@H](O)[C@H](NC(=O)OCc1ccccc1)C(=O)N[C@H](C(N)=O)C1c2ccccc2-c2ccccc21. The molecule has 0 bridgehead atoms. The summed E-state index contributed by atoms with van der Waals surface area (Å²) in [6.07, 6.45) is -2.13. The molecule has 8 heteroatoms. The van der Waals surface area contributed by atoms with E-state index < -0.39 is 42.0 Å². The molecule has 0 heterocycles. The van der Waals surface area contributed by atoms with E-state index in [1.807, 2.05) is 66.7 Å². The molecule has 0 saturated carbocycles. The maximum absolute atomic E-state index is 13.1. The maximum Gasteiger partial charge on any atom is 0.408 e. The largest absolute Gasteiger partial charge is 0.445 e. The van der Waals surface area contributed by atoms with Crippen molar-refractivity contribution in [2.24, 2.45) is 5.73 Å². The highest BCUT2D eigenvalue weighted by Crippen LogP contribution is 2.46. The fraction of sp³-hybridized carbons (Fsp3) is 0.222. The Morgan fingerprint density at radius 1 is 0.886 bits per heavy atom. The number of primary amides is 1. The van der Waals surface area contributed by atoms with Crippen LogP contribution in [0.4, 0.5) is 4.79 Å². The van der Waals surface area contributed by atoms with Gasteiger partial charge in [0.2, 0.25) is 11.8 Å². The van der Waals surface area contributed by atoms with E-state index in [9.17, 15) is 19.5 Å². The second kappa shape index (κ2) is 10.4. The number of aliphatic hydroxyl groups is 1. The summed E-state index contributed by atoms with van der Waals surface area (Å²) in [5, 5.41) is 15.2. The van der Waals surface area contributed by atoms with E-state index in [-0.39, 0.29) is 6.61 Å². The molecule has 0 spiro atoms. The third-order valence-corrected chi connectivity index (χ3v) is 6.07. The molecular formula is C27H27N3O5. The average molecular weight is 474 g/mol. The minimum absolute atomic E-state index is 0.000372. The number of fused-ring (bicyclic) bond motifs is 3. The predicted octanol–water partition coefficient (Wildman–Crippen LogP) is 2.44. The van der Waals surface area contributed by atoms with E-state index in [1.165, 1.54) is 6.92 Å². The zero-order valence-electron chi connectivity index (χ0n) is 19.2. The topological polar surface area (TPSA) is 131 Å². The van der Waals surface area contributed by atoms with Gasteiger partial charge in [0.05, 0.1) is 6.10 Å². The number of amides is 3. The zero-order chi connectivity index (χ0) is 24.9. The Balaban J connectivity index is 1.51. The number of nitrogens with one attached hydrogen (secondary N) is 2. The summed E-state index contributed by atoms with van der Waals surface area (Å²) in [5.41, 5.74) is 10.2. The Bertz CT molecular complexity index is 1180. The van der Waals surface area contributed by atoms with Gasteiger partial charge in [-0.1, -0.05) is 78.9 Å². The summed E-state index contributed by atoms with van der Waals surface area (Å²) in [6.45, 7) is 1.36. The molecule has 4 rings (SSSR count). The van der Waals surface area contributed by atoms with Crippen molar-refractivity contribution in [2.75, 3.05) is 0 Å². The summed E-state index contributed by atoms with van der Waals surface area (Å²) in [5.74, 6) is -1.99. The van der Waals surface area contributed by atoms with Gasteiger partial charge in [0.25, 0.3) is 0 Å². The molecule has 0 unspecified atom stereocenters. The van der Waals surface area contributed by atoms with Crippen LogP contribution in [0.25, 0.3) is 11.1 Å². The number of benzene rings is 3. The van der Waals surface area contributed by atoms with Gasteiger partial charge >= 0.3 is 6.09 Å². The van der Waals surface area contributed by atoms with Crippen LogP contribution in [0, 0.1) is 0 Å². The number of carbonyl (C=O) groups excluding carboxylic acids is 3. The fourth-order valence-electron chi connectivity index (χ4n) is 4.41. The molecule has 0 saturated heterocycles. The van der Waals surface area contributed by atoms with Crippen LogP contribution < -0.4 is 16.4 Å². The quantitative estimate of drug-likeness (QED) is 0.399. The van der Waals surface area contributed by atoms with Crippen LogP contribution in [0.2, 0.25) is 0 Å². The lowest BCUT2D eigenvalue weighted by Gasteiger charge is -2.27. The van der Waals surface area contributed by atoms with E-state index in [4.69, 9.17) is 10.5 Å². The Labute approximate surface area is 203 Å². The van der Waals surface area contributed by atoms with Crippen molar-refractivity contribution >= 4 is 17.9 Å². The summed E-state index contributed by atoms with van der Waals surface area (Å²) in [6, 6.07) is 21.8. The molecule has 35 heavy (non-hydrogen) atoms. The second-order valence-electron chi connectivity index (χ2n) is 8.47. The Morgan fingerprint density at radius 2 is 1.43 bits per heavy atom. The third kappa shape index (κ3) is 5.17. The first kappa shape index (κ1) is 24.0. The number of ether oxygens (including phenoxy) is 1. The molecule has 3 atom stereocenters. The van der Waals surface area contributed by atoms with Crippen LogP contribution in [0.15, 0.2) is 78.9 Å². The highest BCUT2D eigenvalue weighted by molar-refractivity contribution is 5.93. The van der Waals surface area contributed by atoms with Crippen LogP contribution in [0.5, 0.6) is 0 Å². The van der Waals surface area contributed by atoms with Crippen molar-refractivity contribution in [1.29, 1.82) is 0 Å². The van der Waals surface area contributed by atoms with E-state index in [2.05, 4.69) is 10.6 Å². The summed E-state index contributed by atoms with van der Waals surface area (Å²) in [7, 11) is 0. The average Bonchev–Trinajstić information content (AvgIpc) is 3.19. The van der Waals surface area contributed by atoms with Gasteiger partial charge in [-0.15, -0.1) is 0 Å². The van der Waals surface area contributed by atoms with Gasteiger partial charge in [0.15, 0.2) is 0 Å². The molecule has 1 aliphatic rings. The number of nitrogens with two attached hydrogens (primary N) is 1. The first-order chi connectivity index (χ1) is 16.9. The predicted molar refractivity (Wildman–Crippen MR) is 130 cm³/mol. The molecule has 0 aromatic heterocycles. The van der Waals surface area contributed by atoms with E-state index >= 15 is 0 Å². The first-order valence-electron chi connectivity index (χ1n) is 11.3. The lowest BCUT2D eigenvalue weighted by molar-refractivity contribution is -0.130. The third-order valence-electron chi connectivity index (χ3n) is 6.07. The maximum atomic E-state index is 13.1. The van der Waals surface area contributed by atoms with Crippen LogP contribution in [0.3, 0.4) is 0 Å². The first-order valence-corrected chi connectivity index (χ1v) is 11.3. The smallest absolute Gasteiger partial charge is 0.408 e. The van der Waals surface area contributed by atoms with Gasteiger partial charge in [0.1, 0.15) is 18.7 Å². The number of hydrogen-bond donors (Lipinski definition) is 4. The lowest BCUT2D eigenvalue weighted by Crippen LogP contribution is -2.57. The minimum atomic E-state index is -1.35. The number of alkyl carbamates (subject to hydrolysis) is 1. The van der Waals surface area contributed by atoms with Crippen molar-refractivity contribution in [3.63, 3.8) is 0 Å². The number of hydrogen-bond acceptors (Lipinski definition) is 5. The second-order valence-corrected chi connectivity index (χ2v) is 8.47. The minimum Gasteiger partial charge on any atom is -0.445 e. The Kier molecular flexibility index (Phi) is 7.12. The van der Waals surface area contributed by atoms with Crippen molar-refractivity contribution in [2.45, 2.75) is 37.6 Å². The molecule has 3 amide bonds. The lowest BCUT2D eigenvalue weighted by atomic mass is 9.88. The number of carbonyl (C=O) groups is 3. The van der Waals surface area contributed by atoms with E-state index in [0.717, 1.165) is 27.8 Å². The van der Waals surface area contributed by atoms with Crippen molar-refractivity contribution in [3.8, 4) is 11.1 Å². The van der Waals surface area contributed by atoms with Crippen molar-refractivity contribution < 1.29 is 24.2 Å². The van der Waals surface area contributed by atoms with Gasteiger partial charge in [-0.25, -0.2) is 4.79 Å². The van der Waals surface area contributed by atoms with Gasteiger partial charge in [-0.3, -0.25) is 9.59 Å². The van der Waals surface area contributed by atoms with Crippen LogP contribution in [0.1, 0.15) is 29.5 Å². The highest BCUT2D eigenvalue weighted by Gasteiger charge is 2.39. The fourth-order valence-corrected chi connectivity index (χ4v) is 4.41. The molecule has 180 valence electrons. The zero-order valence-corrected chi connectivity index (χ0v) is 19.2. The van der Waals surface area contributed by atoms with Crippen LogP contribution >= 0.6 is 0 Å². The van der Waals surface area contributed by atoms with E-state index in [0.29, 0.717) is 0 Å². The molecule has 8 nitrogen and oxygen atoms in total. The van der Waals surface area contributed by atoms with Crippen LogP contribution in [-0.2, 0) is 20.9 Å². The van der Waals surface area contributed by atoms with Crippen LogP contribution in [-0.4, -0.2) is 41.2 Å². The molecule has 0 aliphatic heterocycles. The molecule has 0 fully saturated rings. The summed E-state index contributed by atoms with van der Waals surface area (Å²) in [4.78, 5) is 38.0. The number of aliphatic hydroxyl groups excluding tert-OH is 1. The summed E-state index contributed by atoms with van der Waals surface area (Å²) < 4.78 is 5.17. The highest BCUT2D eigenvalue weighted by atomic mass is 16.5. The van der Waals surface area contributed by atoms with Gasteiger partial charge in [0, 0.05) is 5.92 Å². The standard InChI is InChI=1S/C27H27N3O5/c1-16(31)23(30-27(34)35-15-17-9-3-2-4-10-17)26(33)29-24(25(28)32)22-20-13-7-5-11-18(20)19-12-6-8-14-21(19)22/h2-14,16,22-24,31H,15H2,1H3,(H2,28,32)(H,29,33)(H,30,34)/t16-,23+,24+/m1/s1.